The summed E-state index contributed by atoms with van der Waals surface area (Å²) in [5, 5.41) is 0. The summed E-state index contributed by atoms with van der Waals surface area (Å²) in [6.45, 7) is 9.74. The molecule has 0 atom stereocenters. The van der Waals surface area contributed by atoms with E-state index < -0.39 is 0 Å². The third-order valence-electron chi connectivity index (χ3n) is 1.64. The highest BCUT2D eigenvalue weighted by Gasteiger charge is 2.19. The van der Waals surface area contributed by atoms with Crippen LogP contribution in [-0.2, 0) is 4.74 Å². The summed E-state index contributed by atoms with van der Waals surface area (Å²) in [6.07, 6.45) is 6.13. The van der Waals surface area contributed by atoms with Crippen molar-refractivity contribution in [2.45, 2.75) is 12.8 Å². The van der Waals surface area contributed by atoms with Crippen molar-refractivity contribution in [2.24, 2.45) is 0 Å². The van der Waals surface area contributed by atoms with E-state index in [1.54, 1.807) is 0 Å². The third-order valence-corrected chi connectivity index (χ3v) is 1.64. The van der Waals surface area contributed by atoms with Crippen LogP contribution in [0, 0.1) is 0 Å². The molecule has 1 aliphatic heterocycles. The minimum absolute atomic E-state index is 0.893. The molecule has 2 rings (SSSR count). The molecule has 1 nitrogen and oxygen atoms in total. The van der Waals surface area contributed by atoms with Crippen molar-refractivity contribution >= 4 is 0 Å². The van der Waals surface area contributed by atoms with Crippen LogP contribution in [0.3, 0.4) is 0 Å². The van der Waals surface area contributed by atoms with Crippen molar-refractivity contribution < 1.29 is 4.74 Å². The normalized spacial score (nSPS) is 19.1. The Bertz CT molecular complexity index is 233. The summed E-state index contributed by atoms with van der Waals surface area (Å²) in [4.78, 5) is 0. The van der Waals surface area contributed by atoms with Crippen molar-refractivity contribution in [3.05, 3.63) is 49.0 Å². The van der Waals surface area contributed by atoms with Gasteiger partial charge in [-0.05, 0) is 5.57 Å². The van der Waals surface area contributed by atoms with Gasteiger partial charge in [-0.1, -0.05) is 18.7 Å². The average Bonchev–Trinajstić information content (AvgIpc) is 2.51. The molecule has 2 aliphatic rings. The Morgan fingerprint density at radius 1 is 1.36 bits per heavy atom. The molecular weight excluding hydrogens is 136 g/mol. The number of ether oxygens (including phenoxy) is 1. The van der Waals surface area contributed by atoms with E-state index in [1.165, 1.54) is 5.57 Å². The number of rotatable bonds is 0. The molecule has 58 valence electrons. The fourth-order valence-electron chi connectivity index (χ4n) is 1.22. The van der Waals surface area contributed by atoms with Crippen molar-refractivity contribution in [1.82, 2.24) is 0 Å². The molecule has 0 radical (unpaired) electrons. The lowest BCUT2D eigenvalue weighted by atomic mass is 10.2. The molecule has 1 heteroatoms. The molecule has 0 amide bonds. The molecule has 0 bridgehead atoms. The number of allylic oxidation sites excluding steroid dienone is 3. The second-order valence-electron chi connectivity index (χ2n) is 2.37. The van der Waals surface area contributed by atoms with Gasteiger partial charge in [0.25, 0.3) is 0 Å². The molecule has 11 heavy (non-hydrogen) atoms. The highest BCUT2D eigenvalue weighted by Crippen LogP contribution is 2.33. The van der Waals surface area contributed by atoms with E-state index in [0.717, 1.165) is 24.4 Å². The smallest absolute Gasteiger partial charge is 0.111 e. The van der Waals surface area contributed by atoms with Gasteiger partial charge >= 0.3 is 0 Å². The standard InChI is InChI=1S/C8H8O.C2H4/c1-6-5-7-3-2-4-8(7)9-6;1-2/h2-3H,1,4-5H2;1-2H2. The highest BCUT2D eigenvalue weighted by molar-refractivity contribution is 5.37. The Hall–Kier alpha value is -1.24. The SMILES string of the molecule is C=C.C=C1CC2=C(CC=C2)O1. The number of hydrogen-bond acceptors (Lipinski definition) is 1. The summed E-state index contributed by atoms with van der Waals surface area (Å²) in [5.74, 6) is 2.00. The Balaban J connectivity index is 0.000000281. The molecular formula is C10H12O. The molecule has 0 saturated carbocycles. The van der Waals surface area contributed by atoms with E-state index in [9.17, 15) is 0 Å². The predicted molar refractivity (Wildman–Crippen MR) is 46.9 cm³/mol. The van der Waals surface area contributed by atoms with E-state index in [1.807, 2.05) is 0 Å². The van der Waals surface area contributed by atoms with Gasteiger partial charge in [-0.3, -0.25) is 0 Å². The second kappa shape index (κ2) is 3.24. The van der Waals surface area contributed by atoms with E-state index in [0.29, 0.717) is 0 Å². The topological polar surface area (TPSA) is 9.23 Å². The monoisotopic (exact) mass is 148 g/mol. The maximum Gasteiger partial charge on any atom is 0.111 e. The predicted octanol–water partition coefficient (Wildman–Crippen LogP) is 2.94. The quantitative estimate of drug-likeness (QED) is 0.480. The molecule has 0 unspecified atom stereocenters. The lowest BCUT2D eigenvalue weighted by molar-refractivity contribution is 0.319. The first-order chi connectivity index (χ1) is 5.36. The summed E-state index contributed by atoms with van der Waals surface area (Å²) in [7, 11) is 0. The van der Waals surface area contributed by atoms with Crippen LogP contribution >= 0.6 is 0 Å². The molecule has 0 fully saturated rings. The summed E-state index contributed by atoms with van der Waals surface area (Å²) in [6, 6.07) is 0. The molecule has 0 N–H and O–H groups in total. The van der Waals surface area contributed by atoms with Gasteiger partial charge in [-0.15, -0.1) is 13.2 Å². The van der Waals surface area contributed by atoms with Gasteiger partial charge in [0, 0.05) is 12.8 Å². The first-order valence-electron chi connectivity index (χ1n) is 3.60. The molecule has 0 aromatic rings. The fourth-order valence-corrected chi connectivity index (χ4v) is 1.22. The van der Waals surface area contributed by atoms with Crippen LogP contribution in [0.1, 0.15) is 12.8 Å². The maximum absolute atomic E-state index is 5.31. The van der Waals surface area contributed by atoms with Gasteiger partial charge < -0.3 is 4.74 Å². The summed E-state index contributed by atoms with van der Waals surface area (Å²) < 4.78 is 5.31. The second-order valence-corrected chi connectivity index (χ2v) is 2.37. The van der Waals surface area contributed by atoms with Crippen LogP contribution < -0.4 is 0 Å². The Morgan fingerprint density at radius 2 is 2.09 bits per heavy atom. The van der Waals surface area contributed by atoms with Crippen molar-refractivity contribution in [2.75, 3.05) is 0 Å². The number of hydrogen-bond donors (Lipinski definition) is 0. The molecule has 1 heterocycles. The van der Waals surface area contributed by atoms with Crippen LogP contribution in [-0.4, -0.2) is 0 Å². The molecule has 0 aromatic heterocycles. The van der Waals surface area contributed by atoms with Crippen LogP contribution in [0.5, 0.6) is 0 Å². The minimum atomic E-state index is 0.893. The summed E-state index contributed by atoms with van der Waals surface area (Å²) >= 11 is 0. The van der Waals surface area contributed by atoms with Gasteiger partial charge in [0.1, 0.15) is 11.5 Å². The van der Waals surface area contributed by atoms with E-state index in [-0.39, 0.29) is 0 Å². The largest absolute Gasteiger partial charge is 0.466 e. The zero-order valence-corrected chi connectivity index (χ0v) is 6.60. The van der Waals surface area contributed by atoms with Crippen LogP contribution in [0.2, 0.25) is 0 Å². The van der Waals surface area contributed by atoms with Gasteiger partial charge in [-0.25, -0.2) is 0 Å². The highest BCUT2D eigenvalue weighted by atomic mass is 16.5. The maximum atomic E-state index is 5.31. The zero-order chi connectivity index (χ0) is 8.27. The van der Waals surface area contributed by atoms with Crippen LogP contribution in [0.25, 0.3) is 0 Å². The van der Waals surface area contributed by atoms with Gasteiger partial charge in [0.15, 0.2) is 0 Å². The Labute approximate surface area is 67.4 Å². The Morgan fingerprint density at radius 3 is 2.73 bits per heavy atom. The van der Waals surface area contributed by atoms with Gasteiger partial charge in [0.05, 0.1) is 0 Å². The lowest BCUT2D eigenvalue weighted by Gasteiger charge is -1.97. The first-order valence-corrected chi connectivity index (χ1v) is 3.60. The van der Waals surface area contributed by atoms with Crippen LogP contribution in [0.4, 0.5) is 0 Å². The molecule has 1 aliphatic carbocycles. The molecule has 0 spiro atoms. The van der Waals surface area contributed by atoms with Crippen LogP contribution in [0.15, 0.2) is 49.0 Å². The Kier molecular flexibility index (Phi) is 2.32. The van der Waals surface area contributed by atoms with E-state index in [2.05, 4.69) is 31.9 Å². The summed E-state index contributed by atoms with van der Waals surface area (Å²) in [5.41, 5.74) is 1.32. The lowest BCUT2D eigenvalue weighted by Crippen LogP contribution is -1.78. The van der Waals surface area contributed by atoms with Crippen molar-refractivity contribution in [3.8, 4) is 0 Å². The van der Waals surface area contributed by atoms with Gasteiger partial charge in [-0.2, -0.15) is 0 Å². The fraction of sp³-hybridized carbons (Fsp3) is 0.200. The van der Waals surface area contributed by atoms with E-state index in [4.69, 9.17) is 4.74 Å². The van der Waals surface area contributed by atoms with Gasteiger partial charge in [0.2, 0.25) is 0 Å². The minimum Gasteiger partial charge on any atom is -0.466 e. The molecule has 0 saturated heterocycles. The van der Waals surface area contributed by atoms with E-state index >= 15 is 0 Å². The van der Waals surface area contributed by atoms with Crippen molar-refractivity contribution in [3.63, 3.8) is 0 Å². The van der Waals surface area contributed by atoms with Crippen molar-refractivity contribution in [1.29, 1.82) is 0 Å². The molecule has 0 aromatic carbocycles. The first kappa shape index (κ1) is 7.86. The average molecular weight is 148 g/mol. The third kappa shape index (κ3) is 1.43. The zero-order valence-electron chi connectivity index (χ0n) is 6.60.